The number of thiophene rings is 1. The van der Waals surface area contributed by atoms with E-state index < -0.39 is 0 Å². The van der Waals surface area contributed by atoms with Gasteiger partial charge in [-0.25, -0.2) is 0 Å². The Morgan fingerprint density at radius 1 is 1.36 bits per heavy atom. The molecule has 2 N–H and O–H groups in total. The monoisotopic (exact) mass is 316 g/mol. The normalized spacial score (nSPS) is 14.5. The molecule has 1 aromatic carbocycles. The highest BCUT2D eigenvalue weighted by Gasteiger charge is 2.18. The van der Waals surface area contributed by atoms with Crippen LogP contribution in [-0.4, -0.2) is 18.4 Å². The van der Waals surface area contributed by atoms with E-state index >= 15 is 0 Å². The lowest BCUT2D eigenvalue weighted by Crippen LogP contribution is -2.27. The van der Waals surface area contributed by atoms with E-state index in [1.54, 1.807) is 0 Å². The topological polar surface area (TPSA) is 67.4 Å². The molecule has 3 rings (SSSR count). The van der Waals surface area contributed by atoms with Crippen molar-refractivity contribution in [2.45, 2.75) is 19.9 Å². The maximum Gasteiger partial charge on any atom is 0.262 e. The second kappa shape index (κ2) is 5.81. The SMILES string of the molecule is Cc1ccc(C(=O)NC(C)c2ccc3c(c2)NC(=O)CO3)s1. The van der Waals surface area contributed by atoms with Crippen molar-refractivity contribution in [3.05, 3.63) is 45.6 Å². The molecule has 1 unspecified atom stereocenters. The van der Waals surface area contributed by atoms with E-state index in [-0.39, 0.29) is 24.5 Å². The largest absolute Gasteiger partial charge is 0.482 e. The molecule has 0 bridgehead atoms. The molecule has 6 heteroatoms. The van der Waals surface area contributed by atoms with Crippen LogP contribution in [0.1, 0.15) is 33.1 Å². The Balaban J connectivity index is 1.75. The number of benzene rings is 1. The molecule has 1 aromatic heterocycles. The quantitative estimate of drug-likeness (QED) is 0.915. The predicted octanol–water partition coefficient (Wildman–Crippen LogP) is 2.88. The van der Waals surface area contributed by atoms with Crippen LogP contribution in [0.15, 0.2) is 30.3 Å². The summed E-state index contributed by atoms with van der Waals surface area (Å²) in [6, 6.07) is 9.11. The van der Waals surface area contributed by atoms with Crippen LogP contribution < -0.4 is 15.4 Å². The molecule has 0 saturated heterocycles. The molecule has 0 spiro atoms. The molecule has 22 heavy (non-hydrogen) atoms. The van der Waals surface area contributed by atoms with E-state index in [0.29, 0.717) is 16.3 Å². The van der Waals surface area contributed by atoms with Crippen molar-refractivity contribution in [3.63, 3.8) is 0 Å². The minimum atomic E-state index is -0.171. The Bertz CT molecular complexity index is 739. The molecule has 0 radical (unpaired) electrons. The van der Waals surface area contributed by atoms with Gasteiger partial charge in [0.1, 0.15) is 5.75 Å². The maximum atomic E-state index is 12.2. The minimum absolute atomic E-state index is 0.0381. The summed E-state index contributed by atoms with van der Waals surface area (Å²) in [6.45, 7) is 3.92. The summed E-state index contributed by atoms with van der Waals surface area (Å²) in [5.74, 6) is 0.384. The average Bonchev–Trinajstić information content (AvgIpc) is 2.93. The zero-order chi connectivity index (χ0) is 15.7. The number of aryl methyl sites for hydroxylation is 1. The molecule has 5 nitrogen and oxygen atoms in total. The van der Waals surface area contributed by atoms with Gasteiger partial charge in [-0.3, -0.25) is 9.59 Å². The van der Waals surface area contributed by atoms with E-state index in [0.717, 1.165) is 10.4 Å². The lowest BCUT2D eigenvalue weighted by atomic mass is 10.1. The fourth-order valence-electron chi connectivity index (χ4n) is 2.28. The van der Waals surface area contributed by atoms with Gasteiger partial charge in [-0.1, -0.05) is 6.07 Å². The molecule has 2 amide bonds. The number of anilines is 1. The van der Waals surface area contributed by atoms with Gasteiger partial charge in [-0.15, -0.1) is 11.3 Å². The standard InChI is InChI=1S/C16H16N2O3S/c1-9-3-6-14(22-9)16(20)17-10(2)11-4-5-13-12(7-11)18-15(19)8-21-13/h3-7,10H,8H2,1-2H3,(H,17,20)(H,18,19). The van der Waals surface area contributed by atoms with Crippen LogP contribution in [0.3, 0.4) is 0 Å². The van der Waals surface area contributed by atoms with Gasteiger partial charge in [0.25, 0.3) is 11.8 Å². The molecule has 1 atom stereocenters. The van der Waals surface area contributed by atoms with E-state index in [1.165, 1.54) is 11.3 Å². The third-order valence-corrected chi connectivity index (χ3v) is 4.45. The number of ether oxygens (including phenoxy) is 1. The first-order chi connectivity index (χ1) is 10.5. The Morgan fingerprint density at radius 2 is 2.18 bits per heavy atom. The second-order valence-electron chi connectivity index (χ2n) is 5.20. The van der Waals surface area contributed by atoms with Gasteiger partial charge in [-0.05, 0) is 43.7 Å². The van der Waals surface area contributed by atoms with E-state index in [1.807, 2.05) is 44.2 Å². The smallest absolute Gasteiger partial charge is 0.262 e. The Hall–Kier alpha value is -2.34. The number of amides is 2. The van der Waals surface area contributed by atoms with Crippen molar-refractivity contribution in [2.75, 3.05) is 11.9 Å². The number of carbonyl (C=O) groups is 2. The zero-order valence-corrected chi connectivity index (χ0v) is 13.1. The molecular formula is C16H16N2O3S. The summed E-state index contributed by atoms with van der Waals surface area (Å²) in [4.78, 5) is 25.4. The van der Waals surface area contributed by atoms with Crippen molar-refractivity contribution >= 4 is 28.8 Å². The van der Waals surface area contributed by atoms with Crippen LogP contribution in [0, 0.1) is 6.92 Å². The molecule has 0 saturated carbocycles. The molecule has 114 valence electrons. The van der Waals surface area contributed by atoms with Gasteiger partial charge in [0.05, 0.1) is 16.6 Å². The highest BCUT2D eigenvalue weighted by atomic mass is 32.1. The zero-order valence-electron chi connectivity index (χ0n) is 12.3. The van der Waals surface area contributed by atoms with E-state index in [4.69, 9.17) is 4.74 Å². The van der Waals surface area contributed by atoms with Crippen molar-refractivity contribution < 1.29 is 14.3 Å². The first-order valence-corrected chi connectivity index (χ1v) is 7.78. The third-order valence-electron chi connectivity index (χ3n) is 3.45. The number of rotatable bonds is 3. The van der Waals surface area contributed by atoms with Crippen LogP contribution in [0.5, 0.6) is 5.75 Å². The number of hydrogen-bond donors (Lipinski definition) is 2. The van der Waals surface area contributed by atoms with Crippen LogP contribution in [0.4, 0.5) is 5.69 Å². The minimum Gasteiger partial charge on any atom is -0.482 e. The molecule has 0 aliphatic carbocycles. The van der Waals surface area contributed by atoms with Gasteiger partial charge >= 0.3 is 0 Å². The van der Waals surface area contributed by atoms with Crippen molar-refractivity contribution in [1.82, 2.24) is 5.32 Å². The fraction of sp³-hybridized carbons (Fsp3) is 0.250. The Labute approximate surface area is 132 Å². The first kappa shape index (κ1) is 14.6. The summed E-state index contributed by atoms with van der Waals surface area (Å²) >= 11 is 1.47. The van der Waals surface area contributed by atoms with Gasteiger partial charge in [0.15, 0.2) is 6.61 Å². The molecule has 2 heterocycles. The van der Waals surface area contributed by atoms with Crippen molar-refractivity contribution in [2.24, 2.45) is 0 Å². The van der Waals surface area contributed by atoms with Gasteiger partial charge < -0.3 is 15.4 Å². The number of carbonyl (C=O) groups excluding carboxylic acids is 2. The molecule has 1 aliphatic heterocycles. The highest BCUT2D eigenvalue weighted by Crippen LogP contribution is 2.30. The number of nitrogens with one attached hydrogen (secondary N) is 2. The summed E-state index contributed by atoms with van der Waals surface area (Å²) in [5.41, 5.74) is 1.55. The van der Waals surface area contributed by atoms with E-state index in [9.17, 15) is 9.59 Å². The lowest BCUT2D eigenvalue weighted by Gasteiger charge is -2.20. The van der Waals surface area contributed by atoms with Crippen molar-refractivity contribution in [1.29, 1.82) is 0 Å². The summed E-state index contributed by atoms with van der Waals surface area (Å²) < 4.78 is 5.33. The second-order valence-corrected chi connectivity index (χ2v) is 6.49. The predicted molar refractivity (Wildman–Crippen MR) is 85.5 cm³/mol. The molecule has 1 aliphatic rings. The average molecular weight is 316 g/mol. The molecule has 0 fully saturated rings. The first-order valence-electron chi connectivity index (χ1n) is 6.97. The number of hydrogen-bond acceptors (Lipinski definition) is 4. The Morgan fingerprint density at radius 3 is 2.91 bits per heavy atom. The third kappa shape index (κ3) is 2.96. The highest BCUT2D eigenvalue weighted by molar-refractivity contribution is 7.13. The van der Waals surface area contributed by atoms with Crippen LogP contribution in [-0.2, 0) is 4.79 Å². The molecular weight excluding hydrogens is 300 g/mol. The fourth-order valence-corrected chi connectivity index (χ4v) is 3.05. The van der Waals surface area contributed by atoms with Crippen molar-refractivity contribution in [3.8, 4) is 5.75 Å². The number of fused-ring (bicyclic) bond motifs is 1. The summed E-state index contributed by atoms with van der Waals surface area (Å²) in [6.07, 6.45) is 0. The molecule has 2 aromatic rings. The van der Waals surface area contributed by atoms with Gasteiger partial charge in [0.2, 0.25) is 0 Å². The van der Waals surface area contributed by atoms with Gasteiger partial charge in [0, 0.05) is 4.88 Å². The summed E-state index contributed by atoms with van der Waals surface area (Å²) in [5, 5.41) is 5.73. The van der Waals surface area contributed by atoms with Crippen LogP contribution >= 0.6 is 11.3 Å². The summed E-state index contributed by atoms with van der Waals surface area (Å²) in [7, 11) is 0. The lowest BCUT2D eigenvalue weighted by molar-refractivity contribution is -0.118. The van der Waals surface area contributed by atoms with E-state index in [2.05, 4.69) is 10.6 Å². The van der Waals surface area contributed by atoms with Gasteiger partial charge in [-0.2, -0.15) is 0 Å². The van der Waals surface area contributed by atoms with Crippen LogP contribution in [0.25, 0.3) is 0 Å². The van der Waals surface area contributed by atoms with Crippen LogP contribution in [0.2, 0.25) is 0 Å². The Kier molecular flexibility index (Phi) is 3.85. The maximum absolute atomic E-state index is 12.2.